The van der Waals surface area contributed by atoms with Gasteiger partial charge in [0.2, 0.25) is 10.1 Å². The number of unbranched alkanes of at least 4 members (excludes halogenated alkanes) is 16. The van der Waals surface area contributed by atoms with Gasteiger partial charge in [-0.3, -0.25) is 13.6 Å². The van der Waals surface area contributed by atoms with Crippen molar-refractivity contribution >= 4 is 48.7 Å². The summed E-state index contributed by atoms with van der Waals surface area (Å²) in [6.07, 6.45) is 28.6. The Morgan fingerprint density at radius 2 is 1.37 bits per heavy atom. The zero-order valence-electron chi connectivity index (χ0n) is 38.0. The molecule has 0 bridgehead atoms. The van der Waals surface area contributed by atoms with Crippen LogP contribution >= 0.6 is 42.6 Å². The SMILES string of the molecule is C=CCOP(=O)(OCC=C)O[C@H]1[C@H](OCC[C@@H](CCCCCCCCCCC)OCCCCCC/C=C\CCCCCC)[C@@H](NC(=O)OCC(Cl)(Cl)Cl)[C@@H](OC=CC)O[C@@H]1CO. The van der Waals surface area contributed by atoms with E-state index in [4.69, 9.17) is 72.1 Å². The molecule has 6 atom stereocenters. The zero-order valence-corrected chi connectivity index (χ0v) is 41.2. The molecular formula is C46H81Cl3NO11P. The normalized spacial score (nSPS) is 20.1. The molecule has 62 heavy (non-hydrogen) atoms. The largest absolute Gasteiger partial charge is 0.475 e. The Morgan fingerprint density at radius 1 is 0.806 bits per heavy atom. The Hall–Kier alpha value is -1.15. The van der Waals surface area contributed by atoms with Crippen molar-refractivity contribution in [1.29, 1.82) is 0 Å². The van der Waals surface area contributed by atoms with Crippen LogP contribution in [0.25, 0.3) is 0 Å². The third kappa shape index (κ3) is 29.4. The quantitative estimate of drug-likeness (QED) is 0.0199. The van der Waals surface area contributed by atoms with Gasteiger partial charge in [0.05, 0.1) is 32.2 Å². The monoisotopic (exact) mass is 959 g/mol. The van der Waals surface area contributed by atoms with E-state index in [2.05, 4.69) is 44.5 Å². The molecule has 362 valence electrons. The van der Waals surface area contributed by atoms with Crippen LogP contribution in [-0.2, 0) is 41.8 Å². The summed E-state index contributed by atoms with van der Waals surface area (Å²) in [5.41, 5.74) is 0. The van der Waals surface area contributed by atoms with Crippen molar-refractivity contribution < 1.29 is 51.7 Å². The van der Waals surface area contributed by atoms with Crippen molar-refractivity contribution in [3.8, 4) is 0 Å². The molecule has 1 saturated heterocycles. The van der Waals surface area contributed by atoms with Gasteiger partial charge in [-0.1, -0.05) is 169 Å². The summed E-state index contributed by atoms with van der Waals surface area (Å²) in [7, 11) is -4.36. The predicted molar refractivity (Wildman–Crippen MR) is 252 cm³/mol. The van der Waals surface area contributed by atoms with E-state index >= 15 is 0 Å². The molecule has 1 heterocycles. The number of aliphatic hydroxyl groups excluding tert-OH is 1. The van der Waals surface area contributed by atoms with Gasteiger partial charge in [-0.05, 0) is 51.9 Å². The smallest absolute Gasteiger partial charge is 0.471 e. The van der Waals surface area contributed by atoms with Crippen LogP contribution in [0.1, 0.15) is 156 Å². The highest BCUT2D eigenvalue weighted by Crippen LogP contribution is 2.52. The van der Waals surface area contributed by atoms with E-state index in [-0.39, 0.29) is 25.9 Å². The average molecular weight is 961 g/mol. The number of halogens is 3. The maximum atomic E-state index is 14.0. The molecule has 1 aliphatic rings. The third-order valence-corrected chi connectivity index (χ3v) is 11.9. The van der Waals surface area contributed by atoms with Crippen LogP contribution in [0, 0.1) is 0 Å². The van der Waals surface area contributed by atoms with Crippen molar-refractivity contribution in [2.24, 2.45) is 0 Å². The Morgan fingerprint density at radius 3 is 1.94 bits per heavy atom. The van der Waals surface area contributed by atoms with Gasteiger partial charge in [0.1, 0.15) is 31.0 Å². The number of phosphoric acid groups is 1. The second-order valence-electron chi connectivity index (χ2n) is 15.6. The molecular weight excluding hydrogens is 880 g/mol. The Bertz CT molecular complexity index is 1230. The summed E-state index contributed by atoms with van der Waals surface area (Å²) in [5.74, 6) is 0. The van der Waals surface area contributed by atoms with Gasteiger partial charge in [0.15, 0.2) is 0 Å². The van der Waals surface area contributed by atoms with E-state index in [1.54, 1.807) is 13.0 Å². The van der Waals surface area contributed by atoms with Crippen LogP contribution in [0.3, 0.4) is 0 Å². The number of alkyl carbamates (subject to hydrolysis) is 1. The summed E-state index contributed by atoms with van der Waals surface area (Å²) in [6.45, 7) is 12.7. The Kier molecular flexibility index (Phi) is 36.1. The number of rotatable bonds is 40. The number of hydrogen-bond donors (Lipinski definition) is 2. The molecule has 0 saturated carbocycles. The van der Waals surface area contributed by atoms with Gasteiger partial charge >= 0.3 is 13.9 Å². The van der Waals surface area contributed by atoms with E-state index in [0.29, 0.717) is 13.0 Å². The minimum atomic E-state index is -4.36. The van der Waals surface area contributed by atoms with Crippen molar-refractivity contribution in [3.05, 3.63) is 49.8 Å². The summed E-state index contributed by atoms with van der Waals surface area (Å²) >= 11 is 17.6. The van der Waals surface area contributed by atoms with Gasteiger partial charge in [-0.25, -0.2) is 9.36 Å². The molecule has 0 radical (unpaired) electrons. The fourth-order valence-corrected chi connectivity index (χ4v) is 8.37. The lowest BCUT2D eigenvalue weighted by Gasteiger charge is -2.45. The molecule has 1 aliphatic heterocycles. The van der Waals surface area contributed by atoms with E-state index < -0.39 is 61.6 Å². The van der Waals surface area contributed by atoms with Crippen molar-refractivity contribution in [2.45, 2.75) is 196 Å². The molecule has 0 unspecified atom stereocenters. The van der Waals surface area contributed by atoms with Crippen LogP contribution in [0.4, 0.5) is 4.79 Å². The van der Waals surface area contributed by atoms with E-state index in [1.165, 1.54) is 102 Å². The number of allylic oxidation sites excluding steroid dienone is 3. The predicted octanol–water partition coefficient (Wildman–Crippen LogP) is 13.2. The van der Waals surface area contributed by atoms with E-state index in [9.17, 15) is 14.5 Å². The molecule has 0 aromatic carbocycles. The first-order valence-electron chi connectivity index (χ1n) is 23.2. The first-order chi connectivity index (χ1) is 30.0. The van der Waals surface area contributed by atoms with E-state index in [0.717, 1.165) is 44.9 Å². The molecule has 12 nitrogen and oxygen atoms in total. The molecule has 1 fully saturated rings. The molecule has 0 spiro atoms. The lowest BCUT2D eigenvalue weighted by Crippen LogP contribution is -2.66. The molecule has 1 amide bonds. The van der Waals surface area contributed by atoms with Crippen LogP contribution in [0.15, 0.2) is 49.8 Å². The highest BCUT2D eigenvalue weighted by Gasteiger charge is 2.52. The summed E-state index contributed by atoms with van der Waals surface area (Å²) in [6, 6.07) is -1.17. The maximum Gasteiger partial charge on any atom is 0.475 e. The molecule has 1 rings (SSSR count). The second-order valence-corrected chi connectivity index (χ2v) is 19.8. The Balaban J connectivity index is 3.21. The number of nitrogens with one attached hydrogen (secondary N) is 1. The van der Waals surface area contributed by atoms with E-state index in [1.807, 2.05) is 0 Å². The summed E-state index contributed by atoms with van der Waals surface area (Å²) in [4.78, 5) is 13.2. The molecule has 0 aromatic heterocycles. The summed E-state index contributed by atoms with van der Waals surface area (Å²) < 4.78 is 59.3. The van der Waals surface area contributed by atoms with Crippen LogP contribution in [0.2, 0.25) is 0 Å². The average Bonchev–Trinajstić information content (AvgIpc) is 3.25. The number of carbonyl (C=O) groups is 1. The van der Waals surface area contributed by atoms with Gasteiger partial charge in [0.25, 0.3) is 0 Å². The third-order valence-electron chi connectivity index (χ3n) is 10.2. The second kappa shape index (κ2) is 38.0. The van der Waals surface area contributed by atoms with Gasteiger partial charge < -0.3 is 34.1 Å². The Labute approximate surface area is 389 Å². The standard InChI is InChI=1S/C46H81Cl3NO11P/c1-6-11-13-15-17-19-20-21-23-25-27-29-35-54-39(30-28-26-24-22-18-16-14-12-7-2)31-36-55-43-41(50-45(52)57-38-46(47,48)49)44(56-32-8-3)60-40(37-51)42(43)61-62(53,58-33-9-4)59-34-10-5/h8-10,19-20,32,39-44,51H,4-7,11-18,21-31,33-38H2,1-3H3,(H,50,52)/b20-19-,32-8?/t39-,40-,41-,42-,43-,44+/m1/s1. The molecule has 0 aliphatic carbocycles. The fourth-order valence-electron chi connectivity index (χ4n) is 6.88. The number of phosphoric ester groups is 1. The van der Waals surface area contributed by atoms with Crippen molar-refractivity contribution in [2.75, 3.05) is 39.6 Å². The van der Waals surface area contributed by atoms with Gasteiger partial charge in [-0.2, -0.15) is 0 Å². The molecule has 2 N–H and O–H groups in total. The first kappa shape index (κ1) is 58.9. The number of ether oxygens (including phenoxy) is 5. The van der Waals surface area contributed by atoms with Gasteiger partial charge in [0, 0.05) is 13.2 Å². The number of aliphatic hydroxyl groups is 1. The van der Waals surface area contributed by atoms with Crippen molar-refractivity contribution in [3.63, 3.8) is 0 Å². The number of carbonyl (C=O) groups excluding carboxylic acids is 1. The maximum absolute atomic E-state index is 14.0. The molecule has 0 aromatic rings. The van der Waals surface area contributed by atoms with Crippen LogP contribution in [-0.4, -0.2) is 91.4 Å². The fraction of sp³-hybridized carbons (Fsp3) is 0.804. The first-order valence-corrected chi connectivity index (χ1v) is 25.8. The van der Waals surface area contributed by atoms with Crippen LogP contribution in [0.5, 0.6) is 0 Å². The zero-order chi connectivity index (χ0) is 45.7. The highest BCUT2D eigenvalue weighted by atomic mass is 35.6. The lowest BCUT2D eigenvalue weighted by atomic mass is 9.96. The summed E-state index contributed by atoms with van der Waals surface area (Å²) in [5, 5.41) is 13.3. The number of alkyl halides is 3. The van der Waals surface area contributed by atoms with Crippen molar-refractivity contribution in [1.82, 2.24) is 5.32 Å². The topological polar surface area (TPSA) is 140 Å². The lowest BCUT2D eigenvalue weighted by molar-refractivity contribution is -0.260. The number of amides is 1. The van der Waals surface area contributed by atoms with Crippen LogP contribution < -0.4 is 5.32 Å². The van der Waals surface area contributed by atoms with Gasteiger partial charge in [-0.15, -0.1) is 13.2 Å². The molecule has 16 heteroatoms. The number of hydrogen-bond acceptors (Lipinski definition) is 11. The highest BCUT2D eigenvalue weighted by molar-refractivity contribution is 7.48. The minimum absolute atomic E-state index is 0.100. The minimum Gasteiger partial charge on any atom is -0.471 e.